The van der Waals surface area contributed by atoms with Crippen LogP contribution < -0.4 is 5.32 Å². The molecule has 130 valence electrons. The number of aryl methyl sites for hydroxylation is 2. The SMILES string of the molecule is O=C(Nc1ccc2c(c1)CCCC2)C(c1ccccc1)c1ccccc1. The zero-order valence-corrected chi connectivity index (χ0v) is 14.8. The van der Waals surface area contributed by atoms with E-state index in [1.54, 1.807) is 0 Å². The van der Waals surface area contributed by atoms with Crippen LogP contribution in [0.25, 0.3) is 0 Å². The van der Waals surface area contributed by atoms with Gasteiger partial charge in [0.05, 0.1) is 5.92 Å². The van der Waals surface area contributed by atoms with Crippen LogP contribution in [0.3, 0.4) is 0 Å². The first-order chi connectivity index (χ1) is 12.8. The van der Waals surface area contributed by atoms with E-state index in [0.29, 0.717) is 0 Å². The Hall–Kier alpha value is -2.87. The van der Waals surface area contributed by atoms with Crippen molar-refractivity contribution in [1.82, 2.24) is 0 Å². The number of nitrogens with one attached hydrogen (secondary N) is 1. The molecular weight excluding hydrogens is 318 g/mol. The van der Waals surface area contributed by atoms with Crippen LogP contribution in [-0.4, -0.2) is 5.91 Å². The summed E-state index contributed by atoms with van der Waals surface area (Å²) >= 11 is 0. The molecule has 0 radical (unpaired) electrons. The van der Waals surface area contributed by atoms with Crippen molar-refractivity contribution in [3.8, 4) is 0 Å². The second kappa shape index (κ2) is 7.57. The summed E-state index contributed by atoms with van der Waals surface area (Å²) in [5.41, 5.74) is 5.72. The van der Waals surface area contributed by atoms with Crippen molar-refractivity contribution >= 4 is 11.6 Å². The van der Waals surface area contributed by atoms with Crippen LogP contribution >= 0.6 is 0 Å². The van der Waals surface area contributed by atoms with Crippen molar-refractivity contribution in [2.45, 2.75) is 31.6 Å². The Kier molecular flexibility index (Phi) is 4.83. The summed E-state index contributed by atoms with van der Waals surface area (Å²) in [6, 6.07) is 26.3. The third-order valence-electron chi connectivity index (χ3n) is 5.14. The molecule has 1 aliphatic rings. The van der Waals surface area contributed by atoms with Crippen LogP contribution in [0.5, 0.6) is 0 Å². The van der Waals surface area contributed by atoms with Gasteiger partial charge in [-0.15, -0.1) is 0 Å². The van der Waals surface area contributed by atoms with E-state index < -0.39 is 0 Å². The predicted molar refractivity (Wildman–Crippen MR) is 106 cm³/mol. The number of fused-ring (bicyclic) bond motifs is 1. The Balaban J connectivity index is 1.63. The number of carbonyl (C=O) groups excluding carboxylic acids is 1. The summed E-state index contributed by atoms with van der Waals surface area (Å²) in [6.07, 6.45) is 4.77. The van der Waals surface area contributed by atoms with Crippen LogP contribution in [-0.2, 0) is 17.6 Å². The number of rotatable bonds is 4. The van der Waals surface area contributed by atoms with Crippen molar-refractivity contribution in [2.24, 2.45) is 0 Å². The zero-order chi connectivity index (χ0) is 17.8. The summed E-state index contributed by atoms with van der Waals surface area (Å²) in [5.74, 6) is -0.299. The van der Waals surface area contributed by atoms with Crippen LogP contribution in [0.15, 0.2) is 78.9 Å². The van der Waals surface area contributed by atoms with Gasteiger partial charge in [0.25, 0.3) is 0 Å². The number of hydrogen-bond donors (Lipinski definition) is 1. The first-order valence-corrected chi connectivity index (χ1v) is 9.34. The minimum absolute atomic E-state index is 0.0122. The zero-order valence-electron chi connectivity index (χ0n) is 14.8. The minimum atomic E-state index is -0.312. The average molecular weight is 341 g/mol. The molecule has 1 aliphatic carbocycles. The van der Waals surface area contributed by atoms with E-state index in [4.69, 9.17) is 0 Å². The summed E-state index contributed by atoms with van der Waals surface area (Å²) in [7, 11) is 0. The van der Waals surface area contributed by atoms with Gasteiger partial charge in [-0.05, 0) is 60.1 Å². The van der Waals surface area contributed by atoms with Crippen molar-refractivity contribution in [3.05, 3.63) is 101 Å². The molecule has 1 N–H and O–H groups in total. The highest BCUT2D eigenvalue weighted by molar-refractivity contribution is 5.98. The molecule has 0 spiro atoms. The third kappa shape index (κ3) is 3.55. The summed E-state index contributed by atoms with van der Waals surface area (Å²) in [5, 5.41) is 3.15. The number of carbonyl (C=O) groups is 1. The second-order valence-electron chi connectivity index (χ2n) is 6.93. The largest absolute Gasteiger partial charge is 0.325 e. The molecule has 0 saturated heterocycles. The van der Waals surface area contributed by atoms with E-state index in [9.17, 15) is 4.79 Å². The Labute approximate surface area is 154 Å². The Morgan fingerprint density at radius 3 is 1.92 bits per heavy atom. The summed E-state index contributed by atoms with van der Waals surface area (Å²) < 4.78 is 0. The molecule has 0 aliphatic heterocycles. The van der Waals surface area contributed by atoms with Gasteiger partial charge in [0.1, 0.15) is 0 Å². The molecule has 1 amide bonds. The lowest BCUT2D eigenvalue weighted by Gasteiger charge is -2.20. The van der Waals surface area contributed by atoms with Gasteiger partial charge in [-0.1, -0.05) is 66.7 Å². The number of anilines is 1. The van der Waals surface area contributed by atoms with Gasteiger partial charge in [-0.3, -0.25) is 4.79 Å². The Morgan fingerprint density at radius 2 is 1.31 bits per heavy atom. The highest BCUT2D eigenvalue weighted by atomic mass is 16.1. The molecule has 2 nitrogen and oxygen atoms in total. The second-order valence-corrected chi connectivity index (χ2v) is 6.93. The monoisotopic (exact) mass is 341 g/mol. The third-order valence-corrected chi connectivity index (χ3v) is 5.14. The quantitative estimate of drug-likeness (QED) is 0.682. The van der Waals surface area contributed by atoms with Crippen molar-refractivity contribution in [1.29, 1.82) is 0 Å². The minimum Gasteiger partial charge on any atom is -0.325 e. The average Bonchev–Trinajstić information content (AvgIpc) is 2.70. The molecule has 3 aromatic rings. The molecule has 0 heterocycles. The molecule has 0 fully saturated rings. The van der Waals surface area contributed by atoms with Crippen molar-refractivity contribution in [2.75, 3.05) is 5.32 Å². The maximum atomic E-state index is 13.2. The molecule has 0 bridgehead atoms. The molecule has 26 heavy (non-hydrogen) atoms. The fraction of sp³-hybridized carbons (Fsp3) is 0.208. The standard InChI is InChI=1S/C24H23NO/c26-24(25-22-16-15-18-9-7-8-14-21(18)17-22)23(19-10-3-1-4-11-19)20-12-5-2-6-13-20/h1-6,10-13,15-17,23H,7-9,14H2,(H,25,26). The van der Waals surface area contributed by atoms with E-state index in [1.807, 2.05) is 66.7 Å². The van der Waals surface area contributed by atoms with E-state index in [0.717, 1.165) is 29.7 Å². The number of amides is 1. The first-order valence-electron chi connectivity index (χ1n) is 9.34. The number of benzene rings is 3. The molecule has 4 rings (SSSR count). The fourth-order valence-corrected chi connectivity index (χ4v) is 3.81. The highest BCUT2D eigenvalue weighted by Crippen LogP contribution is 2.28. The van der Waals surface area contributed by atoms with Crippen LogP contribution in [0.1, 0.15) is 41.0 Å². The predicted octanol–water partition coefficient (Wildman–Crippen LogP) is 5.34. The van der Waals surface area contributed by atoms with Crippen molar-refractivity contribution in [3.63, 3.8) is 0 Å². The lowest BCUT2D eigenvalue weighted by Crippen LogP contribution is -2.22. The van der Waals surface area contributed by atoms with Gasteiger partial charge in [0.15, 0.2) is 0 Å². The Morgan fingerprint density at radius 1 is 0.731 bits per heavy atom. The van der Waals surface area contributed by atoms with Gasteiger partial charge in [0, 0.05) is 5.69 Å². The lowest BCUT2D eigenvalue weighted by atomic mass is 9.89. The van der Waals surface area contributed by atoms with Gasteiger partial charge < -0.3 is 5.32 Å². The smallest absolute Gasteiger partial charge is 0.236 e. The van der Waals surface area contributed by atoms with Gasteiger partial charge in [-0.25, -0.2) is 0 Å². The van der Waals surface area contributed by atoms with Crippen LogP contribution in [0.4, 0.5) is 5.69 Å². The van der Waals surface area contributed by atoms with Gasteiger partial charge >= 0.3 is 0 Å². The molecule has 0 saturated carbocycles. The summed E-state index contributed by atoms with van der Waals surface area (Å²) in [6.45, 7) is 0. The summed E-state index contributed by atoms with van der Waals surface area (Å²) in [4.78, 5) is 13.2. The van der Waals surface area contributed by atoms with E-state index in [2.05, 4.69) is 17.4 Å². The molecule has 0 atom stereocenters. The number of hydrogen-bond acceptors (Lipinski definition) is 1. The van der Waals surface area contributed by atoms with Crippen LogP contribution in [0.2, 0.25) is 0 Å². The molecular formula is C24H23NO. The molecule has 0 aromatic heterocycles. The topological polar surface area (TPSA) is 29.1 Å². The van der Waals surface area contributed by atoms with Crippen molar-refractivity contribution < 1.29 is 4.79 Å². The normalized spacial score (nSPS) is 13.3. The lowest BCUT2D eigenvalue weighted by molar-refractivity contribution is -0.116. The maximum absolute atomic E-state index is 13.2. The van der Waals surface area contributed by atoms with E-state index in [-0.39, 0.29) is 11.8 Å². The van der Waals surface area contributed by atoms with Crippen LogP contribution in [0, 0.1) is 0 Å². The van der Waals surface area contributed by atoms with E-state index in [1.165, 1.54) is 24.0 Å². The molecule has 2 heteroatoms. The van der Waals surface area contributed by atoms with E-state index >= 15 is 0 Å². The highest BCUT2D eigenvalue weighted by Gasteiger charge is 2.23. The Bertz CT molecular complexity index is 847. The molecule has 3 aromatic carbocycles. The van der Waals surface area contributed by atoms with Gasteiger partial charge in [-0.2, -0.15) is 0 Å². The maximum Gasteiger partial charge on any atom is 0.236 e. The fourth-order valence-electron chi connectivity index (χ4n) is 3.81. The first kappa shape index (κ1) is 16.6. The van der Waals surface area contributed by atoms with Gasteiger partial charge in [0.2, 0.25) is 5.91 Å². The molecule has 0 unspecified atom stereocenters.